The molecule has 156 valence electrons. The maximum atomic E-state index is 14.0. The number of fused-ring (bicyclic) bond motifs is 1. The summed E-state index contributed by atoms with van der Waals surface area (Å²) in [4.78, 5) is 25.6. The van der Waals surface area contributed by atoms with E-state index in [0.717, 1.165) is 6.07 Å². The Bertz CT molecular complexity index is 1320. The molecule has 0 aliphatic heterocycles. The average Bonchev–Trinajstić information content (AvgIpc) is 3.14. The van der Waals surface area contributed by atoms with Crippen molar-refractivity contribution in [3.8, 4) is 0 Å². The fourth-order valence-electron chi connectivity index (χ4n) is 3.28. The molecule has 0 saturated carbocycles. The molecule has 0 unspecified atom stereocenters. The average molecular weight is 419 g/mol. The number of hydrogen-bond donors (Lipinski definition) is 1. The van der Waals surface area contributed by atoms with Gasteiger partial charge in [0, 0.05) is 16.5 Å². The summed E-state index contributed by atoms with van der Waals surface area (Å²) in [7, 11) is 0. The number of carbonyl (C=O) groups excluding carboxylic acids is 2. The third-order valence-corrected chi connectivity index (χ3v) is 5.16. The van der Waals surface area contributed by atoms with Gasteiger partial charge in [-0.15, -0.1) is 0 Å². The summed E-state index contributed by atoms with van der Waals surface area (Å²) in [6.45, 7) is 3.05. The molecule has 1 heterocycles. The molecule has 0 bridgehead atoms. The van der Waals surface area contributed by atoms with Gasteiger partial charge in [0.25, 0.3) is 0 Å². The topological polar surface area (TPSA) is 59.3 Å². The number of furan rings is 1. The minimum Gasteiger partial charge on any atom is -0.450 e. The van der Waals surface area contributed by atoms with Crippen molar-refractivity contribution in [1.82, 2.24) is 0 Å². The lowest BCUT2D eigenvalue weighted by molar-refractivity contribution is 0.0997. The number of rotatable bonds is 6. The summed E-state index contributed by atoms with van der Waals surface area (Å²) in [5, 5.41) is 3.58. The molecule has 0 radical (unpaired) electrons. The van der Waals surface area contributed by atoms with E-state index in [1.807, 2.05) is 0 Å². The lowest BCUT2D eigenvalue weighted by Gasteiger charge is -2.08. The van der Waals surface area contributed by atoms with Crippen molar-refractivity contribution < 1.29 is 22.8 Å². The van der Waals surface area contributed by atoms with E-state index in [0.29, 0.717) is 27.8 Å². The van der Waals surface area contributed by atoms with E-state index in [1.54, 1.807) is 44.2 Å². The van der Waals surface area contributed by atoms with Crippen LogP contribution in [0.3, 0.4) is 0 Å². The van der Waals surface area contributed by atoms with Crippen LogP contribution in [0.15, 0.2) is 65.1 Å². The van der Waals surface area contributed by atoms with E-state index in [-0.39, 0.29) is 29.2 Å². The zero-order valence-electron chi connectivity index (χ0n) is 17.0. The maximum Gasteiger partial charge on any atom is 0.230 e. The molecule has 31 heavy (non-hydrogen) atoms. The van der Waals surface area contributed by atoms with Crippen LogP contribution in [-0.2, 0) is 0 Å². The van der Waals surface area contributed by atoms with Crippen LogP contribution in [0.5, 0.6) is 0 Å². The van der Waals surface area contributed by atoms with Gasteiger partial charge in [0.15, 0.2) is 11.5 Å². The largest absolute Gasteiger partial charge is 0.450 e. The normalized spacial score (nSPS) is 11.0. The quantitative estimate of drug-likeness (QED) is 0.398. The molecule has 0 fully saturated rings. The van der Waals surface area contributed by atoms with Crippen molar-refractivity contribution in [2.24, 2.45) is 0 Å². The number of halogens is 2. The zero-order chi connectivity index (χ0) is 22.1. The molecule has 0 saturated heterocycles. The van der Waals surface area contributed by atoms with Crippen LogP contribution < -0.4 is 5.32 Å². The Morgan fingerprint density at radius 1 is 0.871 bits per heavy atom. The highest BCUT2D eigenvalue weighted by atomic mass is 19.1. The molecule has 1 aromatic heterocycles. The molecular formula is C25H19F2NO3. The van der Waals surface area contributed by atoms with Crippen molar-refractivity contribution >= 4 is 28.2 Å². The molecule has 1 N–H and O–H groups in total. The summed E-state index contributed by atoms with van der Waals surface area (Å²) in [6, 6.07) is 15.5. The summed E-state index contributed by atoms with van der Waals surface area (Å²) < 4.78 is 33.6. The Labute approximate surface area is 177 Å². The lowest BCUT2D eigenvalue weighted by Crippen LogP contribution is -2.16. The van der Waals surface area contributed by atoms with Gasteiger partial charge in [0.05, 0.1) is 12.2 Å². The number of para-hydroxylation sites is 1. The first-order chi connectivity index (χ1) is 14.8. The highest BCUT2D eigenvalue weighted by Crippen LogP contribution is 2.32. The van der Waals surface area contributed by atoms with Crippen LogP contribution in [0, 0.1) is 25.5 Å². The molecule has 0 aliphatic rings. The summed E-state index contributed by atoms with van der Waals surface area (Å²) in [5.74, 6) is -1.83. The van der Waals surface area contributed by atoms with E-state index in [9.17, 15) is 18.4 Å². The van der Waals surface area contributed by atoms with Gasteiger partial charge in [-0.1, -0.05) is 36.4 Å². The summed E-state index contributed by atoms with van der Waals surface area (Å²) in [5.41, 5.74) is 2.02. The number of hydrogen-bond acceptors (Lipinski definition) is 4. The van der Waals surface area contributed by atoms with E-state index < -0.39 is 17.4 Å². The molecule has 6 heteroatoms. The van der Waals surface area contributed by atoms with Crippen molar-refractivity contribution in [3.63, 3.8) is 0 Å². The number of nitrogens with one attached hydrogen (secondary N) is 1. The van der Waals surface area contributed by atoms with Crippen molar-refractivity contribution in [2.75, 3.05) is 11.9 Å². The monoisotopic (exact) mass is 419 g/mol. The first-order valence-electron chi connectivity index (χ1n) is 9.70. The lowest BCUT2D eigenvalue weighted by atomic mass is 10.0. The van der Waals surface area contributed by atoms with Gasteiger partial charge in [-0.2, -0.15) is 0 Å². The first-order valence-corrected chi connectivity index (χ1v) is 9.70. The molecule has 4 rings (SSSR count). The third-order valence-electron chi connectivity index (χ3n) is 5.16. The van der Waals surface area contributed by atoms with Crippen LogP contribution >= 0.6 is 0 Å². The van der Waals surface area contributed by atoms with Gasteiger partial charge < -0.3 is 9.73 Å². The van der Waals surface area contributed by atoms with Gasteiger partial charge in [-0.25, -0.2) is 8.78 Å². The summed E-state index contributed by atoms with van der Waals surface area (Å²) >= 11 is 0. The molecule has 4 aromatic rings. The Hall–Kier alpha value is -3.80. The number of Topliss-reactive ketones (excluding diaryl/α,β-unsaturated/α-hetero) is 1. The zero-order valence-corrected chi connectivity index (χ0v) is 17.0. The summed E-state index contributed by atoms with van der Waals surface area (Å²) in [6.07, 6.45) is 0. The smallest absolute Gasteiger partial charge is 0.230 e. The number of ketones is 2. The van der Waals surface area contributed by atoms with Gasteiger partial charge in [-0.3, -0.25) is 9.59 Å². The van der Waals surface area contributed by atoms with Gasteiger partial charge >= 0.3 is 0 Å². The van der Waals surface area contributed by atoms with Gasteiger partial charge in [0.1, 0.15) is 17.2 Å². The van der Waals surface area contributed by atoms with Crippen LogP contribution in [0.2, 0.25) is 0 Å². The Morgan fingerprint density at radius 2 is 1.48 bits per heavy atom. The molecule has 0 atom stereocenters. The van der Waals surface area contributed by atoms with E-state index in [2.05, 4.69) is 5.32 Å². The number of benzene rings is 3. The fraction of sp³-hybridized carbons (Fsp3) is 0.120. The molecule has 4 nitrogen and oxygen atoms in total. The third kappa shape index (κ3) is 3.97. The minimum atomic E-state index is -0.508. The van der Waals surface area contributed by atoms with E-state index in [4.69, 9.17) is 4.42 Å². The number of carbonyl (C=O) groups is 2. The van der Waals surface area contributed by atoms with Crippen LogP contribution in [0.1, 0.15) is 37.6 Å². The first kappa shape index (κ1) is 20.5. The molecule has 0 aliphatic carbocycles. The van der Waals surface area contributed by atoms with Crippen molar-refractivity contribution in [3.05, 3.63) is 100 Å². The molecule has 3 aromatic carbocycles. The van der Waals surface area contributed by atoms with Crippen LogP contribution in [0.25, 0.3) is 11.0 Å². The second-order valence-electron chi connectivity index (χ2n) is 7.34. The highest BCUT2D eigenvalue weighted by molar-refractivity contribution is 6.15. The highest BCUT2D eigenvalue weighted by Gasteiger charge is 2.23. The number of aryl methyl sites for hydroxylation is 2. The molecule has 0 amide bonds. The van der Waals surface area contributed by atoms with Gasteiger partial charge in [-0.05, 0) is 49.2 Å². The SMILES string of the molecule is Cc1ccc(C(=O)CNc2c(C(=O)c3ccc(C)c(F)c3)oc3ccccc23)cc1F. The minimum absolute atomic E-state index is 0.0210. The predicted octanol–water partition coefficient (Wildman–Crippen LogP) is 5.85. The second-order valence-corrected chi connectivity index (χ2v) is 7.34. The van der Waals surface area contributed by atoms with Crippen LogP contribution in [0.4, 0.5) is 14.5 Å². The molecule has 0 spiro atoms. The standard InChI is InChI=1S/C25H19F2NO3/c1-14-7-9-16(11-19(14)26)21(29)13-28-23-18-5-3-4-6-22(18)31-25(23)24(30)17-10-8-15(2)20(27)12-17/h3-12,28H,13H2,1-2H3. The van der Waals surface area contributed by atoms with E-state index in [1.165, 1.54) is 24.3 Å². The Morgan fingerprint density at radius 3 is 2.16 bits per heavy atom. The Kier molecular flexibility index (Phi) is 5.38. The maximum absolute atomic E-state index is 14.0. The predicted molar refractivity (Wildman–Crippen MR) is 115 cm³/mol. The van der Waals surface area contributed by atoms with E-state index >= 15 is 0 Å². The van der Waals surface area contributed by atoms with Gasteiger partial charge in [0.2, 0.25) is 5.78 Å². The van der Waals surface area contributed by atoms with Crippen molar-refractivity contribution in [1.29, 1.82) is 0 Å². The number of anilines is 1. The van der Waals surface area contributed by atoms with Crippen molar-refractivity contribution in [2.45, 2.75) is 13.8 Å². The molecular weight excluding hydrogens is 400 g/mol. The van der Waals surface area contributed by atoms with Crippen LogP contribution in [-0.4, -0.2) is 18.1 Å². The fourth-order valence-corrected chi connectivity index (χ4v) is 3.28. The Balaban J connectivity index is 1.68. The second kappa shape index (κ2) is 8.14.